The number of aryl methyl sites for hydroxylation is 1. The topological polar surface area (TPSA) is 88.8 Å². The van der Waals surface area contributed by atoms with Crippen LogP contribution in [-0.2, 0) is 22.7 Å². The van der Waals surface area contributed by atoms with Gasteiger partial charge < -0.3 is 14.8 Å². The Labute approximate surface area is 185 Å². The fourth-order valence-electron chi connectivity index (χ4n) is 4.84. The minimum absolute atomic E-state index is 0.197. The van der Waals surface area contributed by atoms with Crippen LogP contribution < -0.4 is 10.2 Å². The van der Waals surface area contributed by atoms with Gasteiger partial charge in [0.15, 0.2) is 0 Å². The summed E-state index contributed by atoms with van der Waals surface area (Å²) in [7, 11) is 0. The van der Waals surface area contributed by atoms with E-state index in [2.05, 4.69) is 28.2 Å². The largest absolute Gasteiger partial charge is 0.367 e. The van der Waals surface area contributed by atoms with Crippen molar-refractivity contribution in [2.45, 2.75) is 38.9 Å². The zero-order valence-electron chi connectivity index (χ0n) is 18.0. The number of hydrogen-bond donors (Lipinski definition) is 2. The van der Waals surface area contributed by atoms with E-state index in [1.54, 1.807) is 6.07 Å². The Morgan fingerprint density at radius 1 is 1.12 bits per heavy atom. The summed E-state index contributed by atoms with van der Waals surface area (Å²) in [4.78, 5) is 45.6. The Kier molecular flexibility index (Phi) is 5.21. The first-order chi connectivity index (χ1) is 15.4. The molecule has 0 spiro atoms. The van der Waals surface area contributed by atoms with Gasteiger partial charge in [-0.15, -0.1) is 0 Å². The molecule has 9 heteroatoms. The predicted octanol–water partition coefficient (Wildman–Crippen LogP) is 1.55. The Bertz CT molecular complexity index is 1090. The number of rotatable bonds is 4. The lowest BCUT2D eigenvalue weighted by molar-refractivity contribution is -0.136. The molecular weight excluding hydrogens is 413 g/mol. The second-order valence-corrected chi connectivity index (χ2v) is 8.76. The van der Waals surface area contributed by atoms with E-state index >= 15 is 4.39 Å². The number of nitrogens with zero attached hydrogens (tertiary/aromatic N) is 3. The molecule has 168 valence electrons. The normalized spacial score (nSPS) is 21.8. The van der Waals surface area contributed by atoms with Crippen molar-refractivity contribution in [3.8, 4) is 0 Å². The van der Waals surface area contributed by atoms with Gasteiger partial charge in [-0.1, -0.05) is 0 Å². The van der Waals surface area contributed by atoms with E-state index in [9.17, 15) is 14.4 Å². The Balaban J connectivity index is 1.28. The van der Waals surface area contributed by atoms with Crippen LogP contribution in [-0.4, -0.2) is 64.7 Å². The zero-order valence-corrected chi connectivity index (χ0v) is 18.0. The summed E-state index contributed by atoms with van der Waals surface area (Å²) in [6, 6.07) is 4.41. The molecule has 8 nitrogen and oxygen atoms in total. The quantitative estimate of drug-likeness (QED) is 0.706. The molecule has 4 heterocycles. The van der Waals surface area contributed by atoms with Gasteiger partial charge >= 0.3 is 0 Å². The third-order valence-electron chi connectivity index (χ3n) is 6.75. The van der Waals surface area contributed by atoms with Crippen molar-refractivity contribution in [1.29, 1.82) is 0 Å². The van der Waals surface area contributed by atoms with Crippen LogP contribution in [0.25, 0.3) is 0 Å². The second-order valence-electron chi connectivity index (χ2n) is 8.76. The first-order valence-electron chi connectivity index (χ1n) is 11.0. The number of imide groups is 1. The molecular formula is C23H26FN5O3. The van der Waals surface area contributed by atoms with Crippen molar-refractivity contribution >= 4 is 23.4 Å². The fraction of sp³-hybridized carbons (Fsp3) is 0.435. The van der Waals surface area contributed by atoms with Crippen LogP contribution in [0.15, 0.2) is 24.4 Å². The number of piperidine rings is 1. The molecule has 1 aromatic heterocycles. The molecule has 2 aromatic rings. The number of carbonyl (C=O) groups excluding carboxylic acids is 3. The third-order valence-corrected chi connectivity index (χ3v) is 6.75. The summed E-state index contributed by atoms with van der Waals surface area (Å²) < 4.78 is 15.0. The number of aromatic nitrogens is 1. The predicted molar refractivity (Wildman–Crippen MR) is 115 cm³/mol. The van der Waals surface area contributed by atoms with Gasteiger partial charge in [0, 0.05) is 63.1 Å². The highest BCUT2D eigenvalue weighted by molar-refractivity contribution is 6.05. The van der Waals surface area contributed by atoms with E-state index in [0.29, 0.717) is 30.8 Å². The van der Waals surface area contributed by atoms with Crippen molar-refractivity contribution in [3.05, 3.63) is 52.6 Å². The molecule has 2 N–H and O–H groups in total. The molecule has 1 aromatic carbocycles. The van der Waals surface area contributed by atoms with Crippen LogP contribution in [0.1, 0.15) is 40.0 Å². The highest BCUT2D eigenvalue weighted by Crippen LogP contribution is 2.33. The number of piperazine rings is 1. The third kappa shape index (κ3) is 3.66. The van der Waals surface area contributed by atoms with E-state index in [0.717, 1.165) is 25.2 Å². The van der Waals surface area contributed by atoms with Gasteiger partial charge in [0.2, 0.25) is 11.8 Å². The van der Waals surface area contributed by atoms with Crippen molar-refractivity contribution in [1.82, 2.24) is 20.1 Å². The Hall–Kier alpha value is -3.20. The number of hydrogen-bond acceptors (Lipinski definition) is 5. The number of anilines is 1. The number of halogens is 1. The number of benzene rings is 1. The van der Waals surface area contributed by atoms with Crippen LogP contribution >= 0.6 is 0 Å². The number of nitrogens with one attached hydrogen (secondary N) is 2. The summed E-state index contributed by atoms with van der Waals surface area (Å²) in [6.45, 7) is 6.20. The lowest BCUT2D eigenvalue weighted by Gasteiger charge is -2.36. The van der Waals surface area contributed by atoms with Crippen LogP contribution in [0.3, 0.4) is 0 Å². The van der Waals surface area contributed by atoms with Crippen molar-refractivity contribution < 1.29 is 18.8 Å². The molecule has 1 atom stereocenters. The lowest BCUT2D eigenvalue weighted by Crippen LogP contribution is -2.52. The molecule has 3 amide bonds. The van der Waals surface area contributed by atoms with E-state index in [4.69, 9.17) is 0 Å². The fourth-order valence-corrected chi connectivity index (χ4v) is 4.84. The van der Waals surface area contributed by atoms with E-state index in [1.165, 1.54) is 22.2 Å². The van der Waals surface area contributed by atoms with Gasteiger partial charge in [-0.2, -0.15) is 0 Å². The average molecular weight is 439 g/mol. The zero-order chi connectivity index (χ0) is 22.4. The van der Waals surface area contributed by atoms with Crippen molar-refractivity contribution in [2.24, 2.45) is 0 Å². The van der Waals surface area contributed by atoms with Gasteiger partial charge in [0.25, 0.3) is 5.91 Å². The molecule has 2 saturated heterocycles. The van der Waals surface area contributed by atoms with Gasteiger partial charge in [0.1, 0.15) is 11.9 Å². The molecule has 0 bridgehead atoms. The molecule has 3 aliphatic heterocycles. The molecule has 0 radical (unpaired) electrons. The minimum atomic E-state index is -0.695. The van der Waals surface area contributed by atoms with Gasteiger partial charge in [-0.05, 0) is 42.7 Å². The molecule has 0 saturated carbocycles. The molecule has 3 aliphatic rings. The van der Waals surface area contributed by atoms with Crippen molar-refractivity contribution in [3.63, 3.8) is 0 Å². The second kappa shape index (κ2) is 8.05. The standard InChI is InChI=1S/C23H26FN5O3/c1-14-4-5-25-18(14)13-27-6-8-28(9-7-27)20-10-15-12-29(23(32)16(15)11-17(20)24)19-2-3-21(30)26-22(19)31/h4-5,10-11,19,25H,2-3,6-9,12-13H2,1H3,(H,26,30,31). The summed E-state index contributed by atoms with van der Waals surface area (Å²) in [5, 5.41) is 2.29. The van der Waals surface area contributed by atoms with Gasteiger partial charge in [-0.25, -0.2) is 4.39 Å². The van der Waals surface area contributed by atoms with Crippen LogP contribution in [0.4, 0.5) is 10.1 Å². The maximum absolute atomic E-state index is 15.0. The van der Waals surface area contributed by atoms with Crippen LogP contribution in [0.5, 0.6) is 0 Å². The highest BCUT2D eigenvalue weighted by Gasteiger charge is 2.39. The molecule has 5 rings (SSSR count). The summed E-state index contributed by atoms with van der Waals surface area (Å²) in [6.07, 6.45) is 2.44. The smallest absolute Gasteiger partial charge is 0.255 e. The van der Waals surface area contributed by atoms with Crippen LogP contribution in [0, 0.1) is 12.7 Å². The number of fused-ring (bicyclic) bond motifs is 1. The first-order valence-corrected chi connectivity index (χ1v) is 11.0. The molecule has 32 heavy (non-hydrogen) atoms. The van der Waals surface area contributed by atoms with Gasteiger partial charge in [0.05, 0.1) is 5.69 Å². The number of carbonyl (C=O) groups is 3. The number of aromatic amines is 1. The van der Waals surface area contributed by atoms with E-state index in [1.807, 2.05) is 11.1 Å². The highest BCUT2D eigenvalue weighted by atomic mass is 19.1. The monoisotopic (exact) mass is 439 g/mol. The maximum Gasteiger partial charge on any atom is 0.255 e. The molecule has 1 unspecified atom stereocenters. The Morgan fingerprint density at radius 2 is 1.91 bits per heavy atom. The minimum Gasteiger partial charge on any atom is -0.367 e. The van der Waals surface area contributed by atoms with Crippen molar-refractivity contribution in [2.75, 3.05) is 31.1 Å². The molecule has 0 aliphatic carbocycles. The van der Waals surface area contributed by atoms with E-state index in [-0.39, 0.29) is 24.8 Å². The van der Waals surface area contributed by atoms with E-state index < -0.39 is 17.8 Å². The average Bonchev–Trinajstić information content (AvgIpc) is 3.31. The maximum atomic E-state index is 15.0. The summed E-state index contributed by atoms with van der Waals surface area (Å²) in [5.74, 6) is -1.56. The summed E-state index contributed by atoms with van der Waals surface area (Å²) >= 11 is 0. The summed E-state index contributed by atoms with van der Waals surface area (Å²) in [5.41, 5.74) is 3.96. The first kappa shape index (κ1) is 20.7. The van der Waals surface area contributed by atoms with Gasteiger partial charge in [-0.3, -0.25) is 24.6 Å². The molecule has 2 fully saturated rings. The number of amides is 3. The SMILES string of the molecule is Cc1cc[nH]c1CN1CCN(c2cc3c(cc2F)C(=O)N(C2CCC(=O)NC2=O)C3)CC1. The number of H-pyrrole nitrogens is 1. The Morgan fingerprint density at radius 3 is 2.59 bits per heavy atom. The lowest BCUT2D eigenvalue weighted by atomic mass is 10.0. The van der Waals surface area contributed by atoms with Crippen LogP contribution in [0.2, 0.25) is 0 Å².